The van der Waals surface area contributed by atoms with E-state index in [1.54, 1.807) is 11.3 Å². The molecule has 98 valence electrons. The highest BCUT2D eigenvalue weighted by atomic mass is 32.1. The maximum absolute atomic E-state index is 9.16. The van der Waals surface area contributed by atoms with E-state index in [9.17, 15) is 0 Å². The molecule has 1 aliphatic carbocycles. The van der Waals surface area contributed by atoms with Gasteiger partial charge in [0.2, 0.25) is 0 Å². The van der Waals surface area contributed by atoms with Crippen molar-refractivity contribution in [1.82, 2.24) is 4.90 Å². The fourth-order valence-electron chi connectivity index (χ4n) is 2.18. The van der Waals surface area contributed by atoms with Crippen LogP contribution in [0.25, 0.3) is 0 Å². The third-order valence-corrected chi connectivity index (χ3v) is 4.30. The van der Waals surface area contributed by atoms with Gasteiger partial charge in [-0.15, -0.1) is 11.3 Å². The van der Waals surface area contributed by atoms with Crippen molar-refractivity contribution < 1.29 is 5.11 Å². The Morgan fingerprint density at radius 3 is 2.94 bits per heavy atom. The van der Waals surface area contributed by atoms with Crippen LogP contribution in [-0.2, 0) is 6.54 Å². The van der Waals surface area contributed by atoms with Gasteiger partial charge in [-0.1, -0.05) is 18.3 Å². The maximum atomic E-state index is 9.16. The zero-order valence-electron chi connectivity index (χ0n) is 10.6. The van der Waals surface area contributed by atoms with Crippen LogP contribution in [0.1, 0.15) is 29.7 Å². The molecule has 1 heterocycles. The molecule has 0 saturated heterocycles. The number of nitrogens with two attached hydrogens (primary N) is 1. The SMILES string of the molecule is NCC#Cc1ccsc1CN(CCO)C1CCC1. The average molecular weight is 264 g/mol. The van der Waals surface area contributed by atoms with Gasteiger partial charge in [0.15, 0.2) is 0 Å². The molecule has 0 amide bonds. The summed E-state index contributed by atoms with van der Waals surface area (Å²) in [5.41, 5.74) is 6.50. The lowest BCUT2D eigenvalue weighted by molar-refractivity contribution is 0.0955. The second kappa shape index (κ2) is 6.91. The predicted octanol–water partition coefficient (Wildman–Crippen LogP) is 1.41. The largest absolute Gasteiger partial charge is 0.395 e. The molecule has 0 aromatic carbocycles. The Kier molecular flexibility index (Phi) is 5.21. The van der Waals surface area contributed by atoms with Gasteiger partial charge in [-0.05, 0) is 24.3 Å². The van der Waals surface area contributed by atoms with Gasteiger partial charge in [-0.25, -0.2) is 0 Å². The summed E-state index contributed by atoms with van der Waals surface area (Å²) < 4.78 is 0. The van der Waals surface area contributed by atoms with Crippen LogP contribution >= 0.6 is 11.3 Å². The summed E-state index contributed by atoms with van der Waals surface area (Å²) in [6.07, 6.45) is 3.83. The molecule has 2 rings (SSSR count). The lowest BCUT2D eigenvalue weighted by atomic mass is 9.91. The van der Waals surface area contributed by atoms with Crippen molar-refractivity contribution >= 4 is 11.3 Å². The van der Waals surface area contributed by atoms with E-state index in [1.807, 2.05) is 0 Å². The van der Waals surface area contributed by atoms with Crippen molar-refractivity contribution in [3.8, 4) is 11.8 Å². The van der Waals surface area contributed by atoms with Crippen LogP contribution in [0.2, 0.25) is 0 Å². The average Bonchev–Trinajstić information content (AvgIpc) is 2.72. The highest BCUT2D eigenvalue weighted by Crippen LogP contribution is 2.27. The lowest BCUT2D eigenvalue weighted by Gasteiger charge is -2.37. The van der Waals surface area contributed by atoms with Crippen molar-refractivity contribution in [1.29, 1.82) is 0 Å². The van der Waals surface area contributed by atoms with Gasteiger partial charge in [0.1, 0.15) is 0 Å². The first-order valence-electron chi connectivity index (χ1n) is 6.45. The summed E-state index contributed by atoms with van der Waals surface area (Å²) in [4.78, 5) is 3.67. The summed E-state index contributed by atoms with van der Waals surface area (Å²) >= 11 is 1.74. The Balaban J connectivity index is 2.03. The number of rotatable bonds is 5. The Hall–Kier alpha value is -0.860. The molecule has 0 aliphatic heterocycles. The highest BCUT2D eigenvalue weighted by Gasteiger charge is 2.25. The summed E-state index contributed by atoms with van der Waals surface area (Å²) in [5.74, 6) is 6.03. The fourth-order valence-corrected chi connectivity index (χ4v) is 3.03. The molecule has 0 radical (unpaired) electrons. The van der Waals surface area contributed by atoms with Gasteiger partial charge in [-0.2, -0.15) is 0 Å². The van der Waals surface area contributed by atoms with E-state index in [0.717, 1.165) is 18.7 Å². The van der Waals surface area contributed by atoms with Crippen molar-refractivity contribution in [3.05, 3.63) is 21.9 Å². The van der Waals surface area contributed by atoms with Crippen LogP contribution in [0.5, 0.6) is 0 Å². The fraction of sp³-hybridized carbons (Fsp3) is 0.571. The van der Waals surface area contributed by atoms with E-state index >= 15 is 0 Å². The van der Waals surface area contributed by atoms with E-state index in [1.165, 1.54) is 24.1 Å². The van der Waals surface area contributed by atoms with Gasteiger partial charge in [-0.3, -0.25) is 4.90 Å². The smallest absolute Gasteiger partial charge is 0.0558 e. The molecular formula is C14H20N2OS. The van der Waals surface area contributed by atoms with Crippen molar-refractivity contribution in [2.24, 2.45) is 5.73 Å². The first-order valence-corrected chi connectivity index (χ1v) is 7.33. The monoisotopic (exact) mass is 264 g/mol. The number of hydrogen-bond acceptors (Lipinski definition) is 4. The predicted molar refractivity (Wildman–Crippen MR) is 75.4 cm³/mol. The summed E-state index contributed by atoms with van der Waals surface area (Å²) in [6.45, 7) is 2.29. The van der Waals surface area contributed by atoms with Crippen LogP contribution in [0.15, 0.2) is 11.4 Å². The minimum atomic E-state index is 0.228. The number of aliphatic hydroxyl groups excluding tert-OH is 1. The standard InChI is InChI=1S/C14H20N2OS/c15-7-2-3-12-6-10-18-14(12)11-16(8-9-17)13-4-1-5-13/h6,10,13,17H,1,4-5,7-9,11,15H2. The van der Waals surface area contributed by atoms with Crippen LogP contribution in [0.4, 0.5) is 0 Å². The highest BCUT2D eigenvalue weighted by molar-refractivity contribution is 7.10. The quantitative estimate of drug-likeness (QED) is 0.791. The number of hydrogen-bond donors (Lipinski definition) is 2. The van der Waals surface area contributed by atoms with Gasteiger partial charge in [0.05, 0.1) is 13.2 Å². The third-order valence-electron chi connectivity index (χ3n) is 3.40. The number of thiophene rings is 1. The maximum Gasteiger partial charge on any atom is 0.0558 e. The molecule has 0 spiro atoms. The van der Waals surface area contributed by atoms with Crippen LogP contribution in [0, 0.1) is 11.8 Å². The second-order valence-corrected chi connectivity index (χ2v) is 5.54. The molecule has 3 nitrogen and oxygen atoms in total. The summed E-state index contributed by atoms with van der Waals surface area (Å²) in [5, 5.41) is 11.2. The minimum absolute atomic E-state index is 0.228. The third kappa shape index (κ3) is 3.33. The first kappa shape index (κ1) is 13.6. The normalized spacial score (nSPS) is 15.3. The molecule has 1 aromatic rings. The van der Waals surface area contributed by atoms with Gasteiger partial charge in [0, 0.05) is 29.6 Å². The Morgan fingerprint density at radius 2 is 2.33 bits per heavy atom. The molecule has 0 unspecified atom stereocenters. The minimum Gasteiger partial charge on any atom is -0.395 e. The molecule has 1 saturated carbocycles. The zero-order chi connectivity index (χ0) is 12.8. The van der Waals surface area contributed by atoms with Crippen molar-refractivity contribution in [2.75, 3.05) is 19.7 Å². The molecule has 0 bridgehead atoms. The van der Waals surface area contributed by atoms with Crippen LogP contribution in [-0.4, -0.2) is 35.7 Å². The van der Waals surface area contributed by atoms with Crippen molar-refractivity contribution in [2.45, 2.75) is 31.8 Å². The van der Waals surface area contributed by atoms with E-state index in [2.05, 4.69) is 28.2 Å². The van der Waals surface area contributed by atoms with E-state index < -0.39 is 0 Å². The topological polar surface area (TPSA) is 49.5 Å². The number of nitrogens with zero attached hydrogens (tertiary/aromatic N) is 1. The van der Waals surface area contributed by atoms with E-state index in [0.29, 0.717) is 12.6 Å². The molecule has 3 N–H and O–H groups in total. The Bertz CT molecular complexity index is 428. The van der Waals surface area contributed by atoms with Crippen LogP contribution < -0.4 is 5.73 Å². The Labute approximate surface area is 113 Å². The molecule has 18 heavy (non-hydrogen) atoms. The van der Waals surface area contributed by atoms with Gasteiger partial charge >= 0.3 is 0 Å². The van der Waals surface area contributed by atoms with Gasteiger partial charge in [0.25, 0.3) is 0 Å². The number of aliphatic hydroxyl groups is 1. The molecular weight excluding hydrogens is 244 g/mol. The molecule has 1 fully saturated rings. The molecule has 0 atom stereocenters. The molecule has 1 aliphatic rings. The van der Waals surface area contributed by atoms with E-state index in [-0.39, 0.29) is 6.61 Å². The lowest BCUT2D eigenvalue weighted by Crippen LogP contribution is -2.41. The summed E-state index contributed by atoms with van der Waals surface area (Å²) in [6, 6.07) is 2.70. The van der Waals surface area contributed by atoms with Gasteiger partial charge < -0.3 is 10.8 Å². The van der Waals surface area contributed by atoms with E-state index in [4.69, 9.17) is 10.8 Å². The Morgan fingerprint density at radius 1 is 1.50 bits per heavy atom. The second-order valence-electron chi connectivity index (χ2n) is 4.54. The van der Waals surface area contributed by atoms with Crippen LogP contribution in [0.3, 0.4) is 0 Å². The summed E-state index contributed by atoms with van der Waals surface area (Å²) in [7, 11) is 0. The van der Waals surface area contributed by atoms with Crippen molar-refractivity contribution in [3.63, 3.8) is 0 Å². The molecule has 4 heteroatoms. The zero-order valence-corrected chi connectivity index (χ0v) is 11.4. The molecule has 1 aromatic heterocycles. The first-order chi connectivity index (χ1) is 8.85.